The van der Waals surface area contributed by atoms with Gasteiger partial charge in [-0.2, -0.15) is 0 Å². The van der Waals surface area contributed by atoms with Gasteiger partial charge < -0.3 is 4.90 Å². The lowest BCUT2D eigenvalue weighted by Gasteiger charge is -2.27. The van der Waals surface area contributed by atoms with Crippen LogP contribution in [-0.2, 0) is 0 Å². The van der Waals surface area contributed by atoms with Gasteiger partial charge in [0, 0.05) is 13.1 Å². The fourth-order valence-electron chi connectivity index (χ4n) is 1.12. The van der Waals surface area contributed by atoms with E-state index < -0.39 is 0 Å². The van der Waals surface area contributed by atoms with Crippen molar-refractivity contribution in [3.05, 3.63) is 11.1 Å². The van der Waals surface area contributed by atoms with Crippen LogP contribution in [0, 0.1) is 5.92 Å². The molecule has 0 aliphatic heterocycles. The maximum absolute atomic E-state index is 10.5. The number of carbonyl (C=O) groups is 1. The Morgan fingerprint density at radius 3 is 2.57 bits per heavy atom. The lowest BCUT2D eigenvalue weighted by atomic mass is 10.1. The summed E-state index contributed by atoms with van der Waals surface area (Å²) in [5.74, 6) is 0.573. The van der Waals surface area contributed by atoms with Crippen molar-refractivity contribution in [1.29, 1.82) is 0 Å². The molecule has 0 bridgehead atoms. The van der Waals surface area contributed by atoms with Crippen molar-refractivity contribution in [2.24, 2.45) is 5.92 Å². The Hall–Kier alpha value is -0.900. The number of aldehydes is 1. The highest BCUT2D eigenvalue weighted by molar-refractivity contribution is 7.17. The number of aromatic nitrogens is 1. The summed E-state index contributed by atoms with van der Waals surface area (Å²) in [6.07, 6.45) is 2.46. The molecule has 1 unspecified atom stereocenters. The van der Waals surface area contributed by atoms with Crippen molar-refractivity contribution in [3.8, 4) is 0 Å². The van der Waals surface area contributed by atoms with Crippen molar-refractivity contribution in [2.75, 3.05) is 11.9 Å². The van der Waals surface area contributed by atoms with E-state index in [1.54, 1.807) is 6.20 Å². The smallest absolute Gasteiger partial charge is 0.185 e. The summed E-state index contributed by atoms with van der Waals surface area (Å²) in [5.41, 5.74) is 0. The zero-order valence-corrected chi connectivity index (χ0v) is 9.84. The van der Waals surface area contributed by atoms with Gasteiger partial charge in [0.2, 0.25) is 0 Å². The number of rotatable bonds is 4. The Kier molecular flexibility index (Phi) is 3.63. The molecule has 1 atom stereocenters. The van der Waals surface area contributed by atoms with Crippen LogP contribution in [0.3, 0.4) is 0 Å². The van der Waals surface area contributed by atoms with Gasteiger partial charge >= 0.3 is 0 Å². The van der Waals surface area contributed by atoms with Gasteiger partial charge in [0.25, 0.3) is 0 Å². The van der Waals surface area contributed by atoms with Crippen LogP contribution in [0.1, 0.15) is 30.4 Å². The van der Waals surface area contributed by atoms with Crippen LogP contribution in [0.15, 0.2) is 6.20 Å². The highest BCUT2D eigenvalue weighted by Gasteiger charge is 2.16. The standard InChI is InChI=1S/C10H16N2OS/c1-7(2)8(3)12(4)10-11-5-9(6-13)14-10/h5-8H,1-4H3. The highest BCUT2D eigenvalue weighted by Crippen LogP contribution is 2.23. The van der Waals surface area contributed by atoms with Crippen molar-refractivity contribution in [1.82, 2.24) is 4.98 Å². The number of carbonyl (C=O) groups excluding carboxylic acids is 1. The van der Waals surface area contributed by atoms with Crippen LogP contribution in [0.2, 0.25) is 0 Å². The summed E-state index contributed by atoms with van der Waals surface area (Å²) in [4.78, 5) is 17.5. The van der Waals surface area contributed by atoms with Gasteiger partial charge in [0.1, 0.15) is 0 Å². The monoisotopic (exact) mass is 212 g/mol. The molecule has 0 aliphatic rings. The molecule has 1 heterocycles. The minimum atomic E-state index is 0.431. The number of anilines is 1. The van der Waals surface area contributed by atoms with Gasteiger partial charge in [-0.15, -0.1) is 0 Å². The topological polar surface area (TPSA) is 33.2 Å². The molecule has 0 aromatic carbocycles. The van der Waals surface area contributed by atoms with E-state index in [-0.39, 0.29) is 0 Å². The molecule has 0 saturated carbocycles. The molecule has 1 aromatic rings. The molecule has 0 fully saturated rings. The molecule has 3 nitrogen and oxygen atoms in total. The molecule has 4 heteroatoms. The zero-order chi connectivity index (χ0) is 10.7. The average Bonchev–Trinajstić information content (AvgIpc) is 2.63. The first-order chi connectivity index (χ1) is 6.56. The molecule has 0 radical (unpaired) electrons. The Labute approximate surface area is 88.8 Å². The van der Waals surface area contributed by atoms with Gasteiger partial charge in [0.15, 0.2) is 11.4 Å². The number of thiazole rings is 1. The normalized spacial score (nSPS) is 12.9. The molecule has 1 rings (SSSR count). The molecule has 0 N–H and O–H groups in total. The van der Waals surface area contributed by atoms with Crippen LogP contribution in [-0.4, -0.2) is 24.4 Å². The second kappa shape index (κ2) is 4.55. The third-order valence-electron chi connectivity index (χ3n) is 2.50. The first-order valence-corrected chi connectivity index (χ1v) is 5.51. The number of hydrogen-bond donors (Lipinski definition) is 0. The van der Waals surface area contributed by atoms with Gasteiger partial charge in [-0.25, -0.2) is 4.98 Å². The van der Waals surface area contributed by atoms with Crippen molar-refractivity contribution in [2.45, 2.75) is 26.8 Å². The molecule has 1 aromatic heterocycles. The van der Waals surface area contributed by atoms with E-state index in [1.165, 1.54) is 11.3 Å². The van der Waals surface area contributed by atoms with Crippen LogP contribution in [0.25, 0.3) is 0 Å². The molecule has 0 spiro atoms. The quantitative estimate of drug-likeness (QED) is 0.719. The first-order valence-electron chi connectivity index (χ1n) is 4.70. The Morgan fingerprint density at radius 2 is 2.14 bits per heavy atom. The van der Waals surface area contributed by atoms with Crippen LogP contribution in [0.5, 0.6) is 0 Å². The predicted octanol–water partition coefficient (Wildman–Crippen LogP) is 2.44. The second-order valence-corrected chi connectivity index (χ2v) is 4.80. The molecular formula is C10H16N2OS. The number of nitrogens with zero attached hydrogens (tertiary/aromatic N) is 2. The highest BCUT2D eigenvalue weighted by atomic mass is 32.1. The SMILES string of the molecule is CC(C)C(C)N(C)c1ncc(C=O)s1. The summed E-state index contributed by atoms with van der Waals surface area (Å²) in [6.45, 7) is 6.51. The van der Waals surface area contributed by atoms with Crippen LogP contribution in [0.4, 0.5) is 5.13 Å². The minimum Gasteiger partial charge on any atom is -0.348 e. The molecule has 78 valence electrons. The van der Waals surface area contributed by atoms with E-state index in [0.717, 1.165) is 11.4 Å². The Bertz CT molecular complexity index is 309. The minimum absolute atomic E-state index is 0.431. The van der Waals surface area contributed by atoms with Crippen molar-refractivity contribution < 1.29 is 4.79 Å². The van der Waals surface area contributed by atoms with Crippen LogP contribution < -0.4 is 4.90 Å². The van der Waals surface area contributed by atoms with E-state index in [9.17, 15) is 4.79 Å². The van der Waals surface area contributed by atoms with E-state index in [1.807, 2.05) is 7.05 Å². The fraction of sp³-hybridized carbons (Fsp3) is 0.600. The molecule has 0 aliphatic carbocycles. The zero-order valence-electron chi connectivity index (χ0n) is 9.02. The third kappa shape index (κ3) is 2.32. The fourth-order valence-corrected chi connectivity index (χ4v) is 1.90. The van der Waals surface area contributed by atoms with E-state index >= 15 is 0 Å². The van der Waals surface area contributed by atoms with Crippen molar-refractivity contribution in [3.63, 3.8) is 0 Å². The molecule has 0 amide bonds. The van der Waals surface area contributed by atoms with Crippen LogP contribution >= 0.6 is 11.3 Å². The summed E-state index contributed by atoms with van der Waals surface area (Å²) < 4.78 is 0. The van der Waals surface area contributed by atoms with Gasteiger partial charge in [-0.05, 0) is 12.8 Å². The summed E-state index contributed by atoms with van der Waals surface area (Å²) in [7, 11) is 2.01. The van der Waals surface area contributed by atoms with Gasteiger partial charge in [-0.1, -0.05) is 25.2 Å². The molecule has 14 heavy (non-hydrogen) atoms. The molecular weight excluding hydrogens is 196 g/mol. The second-order valence-electron chi connectivity index (χ2n) is 3.76. The van der Waals surface area contributed by atoms with Gasteiger partial charge in [-0.3, -0.25) is 4.79 Å². The maximum atomic E-state index is 10.5. The third-order valence-corrected chi connectivity index (χ3v) is 3.52. The predicted molar refractivity (Wildman–Crippen MR) is 60.2 cm³/mol. The van der Waals surface area contributed by atoms with E-state index in [4.69, 9.17) is 0 Å². The van der Waals surface area contributed by atoms with Gasteiger partial charge in [0.05, 0.1) is 11.1 Å². The maximum Gasteiger partial charge on any atom is 0.185 e. The lowest BCUT2D eigenvalue weighted by Crippen LogP contribution is -2.32. The lowest BCUT2D eigenvalue weighted by molar-refractivity contribution is 0.112. The Balaban J connectivity index is 2.78. The summed E-state index contributed by atoms with van der Waals surface area (Å²) >= 11 is 1.43. The molecule has 0 saturated heterocycles. The Morgan fingerprint density at radius 1 is 1.50 bits per heavy atom. The average molecular weight is 212 g/mol. The summed E-state index contributed by atoms with van der Waals surface area (Å²) in [5, 5.41) is 0.910. The van der Waals surface area contributed by atoms with E-state index in [2.05, 4.69) is 30.7 Å². The largest absolute Gasteiger partial charge is 0.348 e. The van der Waals surface area contributed by atoms with Crippen molar-refractivity contribution >= 4 is 22.8 Å². The summed E-state index contributed by atoms with van der Waals surface area (Å²) in [6, 6.07) is 0.431. The first kappa shape index (κ1) is 11.2. The van der Waals surface area contributed by atoms with E-state index in [0.29, 0.717) is 16.8 Å². The number of hydrogen-bond acceptors (Lipinski definition) is 4.